The Hall–Kier alpha value is -2.01. The zero-order valence-electron chi connectivity index (χ0n) is 10.4. The van der Waals surface area contributed by atoms with Crippen molar-refractivity contribution in [1.82, 2.24) is 4.98 Å². The average molecular weight is 282 g/mol. The Kier molecular flexibility index (Phi) is 3.48. The highest BCUT2D eigenvalue weighted by Crippen LogP contribution is 2.30. The lowest BCUT2D eigenvalue weighted by molar-refractivity contribution is -0.136. The Labute approximate surface area is 113 Å². The molecule has 5 nitrogen and oxygen atoms in total. The van der Waals surface area contributed by atoms with Crippen LogP contribution in [0.25, 0.3) is 10.9 Å². The number of aromatic amines is 1. The lowest BCUT2D eigenvalue weighted by atomic mass is 10.1. The highest BCUT2D eigenvalue weighted by atomic mass is 35.5. The van der Waals surface area contributed by atoms with E-state index in [9.17, 15) is 9.59 Å². The molecule has 1 aromatic carbocycles. The second-order valence-corrected chi connectivity index (χ2v) is 4.57. The van der Waals surface area contributed by atoms with E-state index in [2.05, 4.69) is 4.98 Å². The number of pyridine rings is 1. The fourth-order valence-electron chi connectivity index (χ4n) is 2.00. The van der Waals surface area contributed by atoms with Crippen LogP contribution in [0.3, 0.4) is 0 Å². The van der Waals surface area contributed by atoms with Crippen molar-refractivity contribution >= 4 is 28.5 Å². The van der Waals surface area contributed by atoms with Crippen LogP contribution in [0.15, 0.2) is 16.9 Å². The molecule has 100 valence electrons. The summed E-state index contributed by atoms with van der Waals surface area (Å²) in [6, 6.07) is 2.87. The van der Waals surface area contributed by atoms with Crippen molar-refractivity contribution in [3.63, 3.8) is 0 Å². The fourth-order valence-corrected chi connectivity index (χ4v) is 2.20. The quantitative estimate of drug-likeness (QED) is 0.903. The van der Waals surface area contributed by atoms with E-state index in [0.717, 1.165) is 0 Å². The standard InChI is InChI=1S/C13H12ClNO4/c1-6-8(14)5-10(19-2)13-12(6)9(16)3-7(15-13)4-11(17)18/h3,5H,4H2,1-2H3,(H,15,16)(H,17,18). The number of aliphatic carboxylic acids is 1. The number of aromatic nitrogens is 1. The number of rotatable bonds is 3. The van der Waals surface area contributed by atoms with Crippen LogP contribution in [0.2, 0.25) is 5.02 Å². The number of ether oxygens (including phenoxy) is 1. The minimum atomic E-state index is -1.01. The number of carboxylic acid groups (broad SMARTS) is 1. The Morgan fingerprint density at radius 1 is 1.47 bits per heavy atom. The summed E-state index contributed by atoms with van der Waals surface area (Å²) in [4.78, 5) is 25.7. The van der Waals surface area contributed by atoms with Gasteiger partial charge in [0.15, 0.2) is 5.43 Å². The number of hydrogen-bond donors (Lipinski definition) is 2. The maximum absolute atomic E-state index is 12.1. The molecule has 0 radical (unpaired) electrons. The van der Waals surface area contributed by atoms with Gasteiger partial charge in [0.1, 0.15) is 5.75 Å². The van der Waals surface area contributed by atoms with Crippen molar-refractivity contribution in [3.05, 3.63) is 38.6 Å². The van der Waals surface area contributed by atoms with Gasteiger partial charge in [-0.15, -0.1) is 0 Å². The number of halogens is 1. The summed E-state index contributed by atoms with van der Waals surface area (Å²) in [5.74, 6) is -0.602. The monoisotopic (exact) mass is 281 g/mol. The first-order valence-corrected chi connectivity index (χ1v) is 5.92. The van der Waals surface area contributed by atoms with Gasteiger partial charge in [-0.2, -0.15) is 0 Å². The molecule has 6 heteroatoms. The van der Waals surface area contributed by atoms with Gasteiger partial charge >= 0.3 is 5.97 Å². The molecule has 1 aromatic heterocycles. The highest BCUT2D eigenvalue weighted by molar-refractivity contribution is 6.32. The first-order chi connectivity index (χ1) is 8.93. The molecule has 0 saturated heterocycles. The molecule has 0 fully saturated rings. The van der Waals surface area contributed by atoms with E-state index in [1.54, 1.807) is 13.0 Å². The molecule has 0 aliphatic rings. The van der Waals surface area contributed by atoms with Gasteiger partial charge in [-0.05, 0) is 12.5 Å². The van der Waals surface area contributed by atoms with Crippen molar-refractivity contribution in [1.29, 1.82) is 0 Å². The number of fused-ring (bicyclic) bond motifs is 1. The predicted octanol–water partition coefficient (Wildman–Crippen LogP) is 2.13. The molecular weight excluding hydrogens is 270 g/mol. The molecule has 0 saturated carbocycles. The van der Waals surface area contributed by atoms with E-state index in [0.29, 0.717) is 32.9 Å². The number of carboxylic acids is 1. The Morgan fingerprint density at radius 3 is 2.74 bits per heavy atom. The summed E-state index contributed by atoms with van der Waals surface area (Å²) in [7, 11) is 1.46. The third-order valence-corrected chi connectivity index (χ3v) is 3.28. The number of methoxy groups -OCH3 is 1. The lowest BCUT2D eigenvalue weighted by Gasteiger charge is -2.10. The maximum atomic E-state index is 12.1. The summed E-state index contributed by atoms with van der Waals surface area (Å²) < 4.78 is 5.18. The van der Waals surface area contributed by atoms with E-state index in [4.69, 9.17) is 21.4 Å². The van der Waals surface area contributed by atoms with Crippen LogP contribution in [-0.2, 0) is 11.2 Å². The minimum absolute atomic E-state index is 0.254. The summed E-state index contributed by atoms with van der Waals surface area (Å²) >= 11 is 6.04. The second-order valence-electron chi connectivity index (χ2n) is 4.16. The molecule has 0 amide bonds. The van der Waals surface area contributed by atoms with Crippen LogP contribution < -0.4 is 10.2 Å². The van der Waals surface area contributed by atoms with Crippen LogP contribution in [-0.4, -0.2) is 23.2 Å². The number of hydrogen-bond acceptors (Lipinski definition) is 3. The lowest BCUT2D eigenvalue weighted by Crippen LogP contribution is -2.11. The first kappa shape index (κ1) is 13.4. The van der Waals surface area contributed by atoms with Crippen LogP contribution in [0.4, 0.5) is 0 Å². The number of H-pyrrole nitrogens is 1. The fraction of sp³-hybridized carbons (Fsp3) is 0.231. The van der Waals surface area contributed by atoms with Crippen LogP contribution in [0.1, 0.15) is 11.3 Å². The number of aryl methyl sites for hydroxylation is 1. The number of benzene rings is 1. The van der Waals surface area contributed by atoms with Crippen molar-refractivity contribution < 1.29 is 14.6 Å². The van der Waals surface area contributed by atoms with E-state index < -0.39 is 5.97 Å². The largest absolute Gasteiger partial charge is 0.494 e. The molecule has 0 spiro atoms. The van der Waals surface area contributed by atoms with Crippen molar-refractivity contribution in [2.75, 3.05) is 7.11 Å². The molecule has 2 rings (SSSR count). The molecule has 2 N–H and O–H groups in total. The molecule has 2 aromatic rings. The molecule has 0 aliphatic heterocycles. The van der Waals surface area contributed by atoms with Crippen LogP contribution >= 0.6 is 11.6 Å². The zero-order valence-corrected chi connectivity index (χ0v) is 11.2. The van der Waals surface area contributed by atoms with Crippen molar-refractivity contribution in [2.24, 2.45) is 0 Å². The summed E-state index contributed by atoms with van der Waals surface area (Å²) in [5, 5.41) is 9.63. The van der Waals surface area contributed by atoms with Gasteiger partial charge in [0.25, 0.3) is 0 Å². The van der Waals surface area contributed by atoms with Crippen LogP contribution in [0, 0.1) is 6.92 Å². The smallest absolute Gasteiger partial charge is 0.309 e. The average Bonchev–Trinajstić information content (AvgIpc) is 2.32. The molecule has 0 bridgehead atoms. The third-order valence-electron chi connectivity index (χ3n) is 2.89. The molecule has 0 aliphatic carbocycles. The summed E-state index contributed by atoms with van der Waals surface area (Å²) in [6.45, 7) is 1.73. The number of nitrogens with one attached hydrogen (secondary N) is 1. The zero-order chi connectivity index (χ0) is 14.2. The first-order valence-electron chi connectivity index (χ1n) is 5.55. The van der Waals surface area contributed by atoms with Crippen molar-refractivity contribution in [3.8, 4) is 5.75 Å². The van der Waals surface area contributed by atoms with Gasteiger partial charge in [0.2, 0.25) is 0 Å². The topological polar surface area (TPSA) is 79.4 Å². The summed E-state index contributed by atoms with van der Waals surface area (Å²) in [6.07, 6.45) is -0.254. The van der Waals surface area contributed by atoms with Gasteiger partial charge < -0.3 is 14.8 Å². The Bertz CT molecular complexity index is 721. The SMILES string of the molecule is COc1cc(Cl)c(C)c2c(=O)cc(CC(=O)O)[nH]c12. The van der Waals surface area contributed by atoms with E-state index in [-0.39, 0.29) is 11.8 Å². The van der Waals surface area contributed by atoms with Gasteiger partial charge in [-0.1, -0.05) is 11.6 Å². The van der Waals surface area contributed by atoms with Crippen molar-refractivity contribution in [2.45, 2.75) is 13.3 Å². The van der Waals surface area contributed by atoms with E-state index >= 15 is 0 Å². The highest BCUT2D eigenvalue weighted by Gasteiger charge is 2.14. The molecule has 1 heterocycles. The maximum Gasteiger partial charge on any atom is 0.309 e. The molecule has 0 unspecified atom stereocenters. The number of carbonyl (C=O) groups is 1. The van der Waals surface area contributed by atoms with Gasteiger partial charge in [0.05, 0.1) is 24.4 Å². The van der Waals surface area contributed by atoms with E-state index in [1.807, 2.05) is 0 Å². The molecule has 19 heavy (non-hydrogen) atoms. The van der Waals surface area contributed by atoms with Gasteiger partial charge in [-0.25, -0.2) is 0 Å². The molecular formula is C13H12ClNO4. The normalized spacial score (nSPS) is 10.7. The van der Waals surface area contributed by atoms with Gasteiger partial charge in [0, 0.05) is 22.8 Å². The summed E-state index contributed by atoms with van der Waals surface area (Å²) in [5.41, 5.74) is 1.15. The van der Waals surface area contributed by atoms with Crippen LogP contribution in [0.5, 0.6) is 5.75 Å². The second kappa shape index (κ2) is 4.93. The van der Waals surface area contributed by atoms with E-state index in [1.165, 1.54) is 13.2 Å². The Morgan fingerprint density at radius 2 is 2.16 bits per heavy atom. The predicted molar refractivity (Wildman–Crippen MR) is 72.2 cm³/mol. The minimum Gasteiger partial charge on any atom is -0.494 e. The molecule has 0 atom stereocenters. The van der Waals surface area contributed by atoms with Gasteiger partial charge in [-0.3, -0.25) is 9.59 Å². The Balaban J connectivity index is 2.83. The third kappa shape index (κ3) is 2.42.